The number of carbonyl (C=O) groups is 3. The van der Waals surface area contributed by atoms with Gasteiger partial charge >= 0.3 is 0 Å². The molecule has 2 aromatic carbocycles. The summed E-state index contributed by atoms with van der Waals surface area (Å²) in [5.41, 5.74) is 6.25. The van der Waals surface area contributed by atoms with Crippen LogP contribution in [0.2, 0.25) is 0 Å². The number of hydrazine groups is 1. The van der Waals surface area contributed by atoms with Crippen molar-refractivity contribution in [3.05, 3.63) is 63.2 Å². The third-order valence-corrected chi connectivity index (χ3v) is 5.36. The molecule has 0 saturated carbocycles. The fourth-order valence-electron chi connectivity index (χ4n) is 3.00. The number of amides is 3. The highest BCUT2D eigenvalue weighted by molar-refractivity contribution is 14.1. The van der Waals surface area contributed by atoms with E-state index in [2.05, 4.69) is 33.4 Å². The predicted molar refractivity (Wildman–Crippen MR) is 111 cm³/mol. The molecule has 1 atom stereocenters. The molecule has 2 aromatic rings. The highest BCUT2D eigenvalue weighted by Gasteiger charge is 2.34. The summed E-state index contributed by atoms with van der Waals surface area (Å²) in [5.74, 6) is -0.698. The van der Waals surface area contributed by atoms with Crippen LogP contribution in [0.15, 0.2) is 48.5 Å². The zero-order chi connectivity index (χ0) is 20.1. The van der Waals surface area contributed by atoms with Gasteiger partial charge < -0.3 is 9.64 Å². The van der Waals surface area contributed by atoms with Gasteiger partial charge in [-0.25, -0.2) is 0 Å². The minimum atomic E-state index is -0.493. The highest BCUT2D eigenvalue weighted by atomic mass is 127. The third-order valence-electron chi connectivity index (χ3n) is 4.51. The topological polar surface area (TPSA) is 87.7 Å². The molecule has 1 fully saturated rings. The summed E-state index contributed by atoms with van der Waals surface area (Å²) in [6.07, 6.45) is 0.134. The van der Waals surface area contributed by atoms with Crippen molar-refractivity contribution in [2.24, 2.45) is 5.92 Å². The number of carbonyl (C=O) groups excluding carboxylic acids is 3. The number of ether oxygens (including phenoxy) is 1. The lowest BCUT2D eigenvalue weighted by Crippen LogP contribution is -2.45. The first-order valence-corrected chi connectivity index (χ1v) is 9.81. The predicted octanol–water partition coefficient (Wildman–Crippen LogP) is 2.11. The van der Waals surface area contributed by atoms with Crippen molar-refractivity contribution < 1.29 is 19.1 Å². The van der Waals surface area contributed by atoms with Crippen LogP contribution in [0.5, 0.6) is 5.75 Å². The van der Waals surface area contributed by atoms with Crippen LogP contribution in [-0.2, 0) is 16.1 Å². The first kappa shape index (κ1) is 20.1. The maximum atomic E-state index is 12.4. The molecule has 8 heteroatoms. The molecular formula is C20H20IN3O4. The van der Waals surface area contributed by atoms with Crippen LogP contribution < -0.4 is 15.6 Å². The molecule has 3 rings (SSSR count). The second kappa shape index (κ2) is 9.05. The molecule has 7 nitrogen and oxygen atoms in total. The molecule has 28 heavy (non-hydrogen) atoms. The van der Waals surface area contributed by atoms with E-state index in [1.54, 1.807) is 30.2 Å². The SMILES string of the molecule is COc1ccc(C(=O)NNC(=O)C2CC(=O)N(Cc3ccccc3)C2)cc1I. The number of methoxy groups -OCH3 is 1. The molecule has 1 aliphatic rings. The van der Waals surface area contributed by atoms with Crippen molar-refractivity contribution >= 4 is 40.3 Å². The average Bonchev–Trinajstić information content (AvgIpc) is 3.07. The number of rotatable bonds is 5. The third kappa shape index (κ3) is 4.80. The Morgan fingerprint density at radius 3 is 2.61 bits per heavy atom. The molecule has 0 aromatic heterocycles. The van der Waals surface area contributed by atoms with Crippen LogP contribution >= 0.6 is 22.6 Å². The van der Waals surface area contributed by atoms with Crippen LogP contribution in [0.3, 0.4) is 0 Å². The first-order valence-electron chi connectivity index (χ1n) is 8.73. The number of benzene rings is 2. The van der Waals surface area contributed by atoms with E-state index in [1.165, 1.54) is 0 Å². The Kier molecular flexibility index (Phi) is 6.50. The number of nitrogens with zero attached hydrogens (tertiary/aromatic N) is 1. The van der Waals surface area contributed by atoms with Gasteiger partial charge in [0.1, 0.15) is 5.75 Å². The number of likely N-dealkylation sites (tertiary alicyclic amines) is 1. The number of halogens is 1. The Bertz CT molecular complexity index is 888. The molecule has 0 aliphatic carbocycles. The van der Waals surface area contributed by atoms with Crippen LogP contribution in [-0.4, -0.2) is 36.3 Å². The fourth-order valence-corrected chi connectivity index (χ4v) is 3.74. The Morgan fingerprint density at radius 2 is 1.93 bits per heavy atom. The van der Waals surface area contributed by atoms with E-state index in [-0.39, 0.29) is 18.2 Å². The Hall–Kier alpha value is -2.62. The lowest BCUT2D eigenvalue weighted by Gasteiger charge is -2.16. The maximum Gasteiger partial charge on any atom is 0.269 e. The summed E-state index contributed by atoms with van der Waals surface area (Å²) in [4.78, 5) is 38.5. The van der Waals surface area contributed by atoms with Crippen LogP contribution in [0.4, 0.5) is 0 Å². The Morgan fingerprint density at radius 1 is 1.18 bits per heavy atom. The van der Waals surface area contributed by atoms with Crippen molar-refractivity contribution in [1.82, 2.24) is 15.8 Å². The van der Waals surface area contributed by atoms with Crippen molar-refractivity contribution in [3.63, 3.8) is 0 Å². The van der Waals surface area contributed by atoms with E-state index in [0.29, 0.717) is 24.4 Å². The van der Waals surface area contributed by atoms with Crippen LogP contribution in [0.1, 0.15) is 22.3 Å². The molecule has 146 valence electrons. The van der Waals surface area contributed by atoms with Gasteiger partial charge in [-0.15, -0.1) is 0 Å². The average molecular weight is 493 g/mol. The quantitative estimate of drug-likeness (QED) is 0.494. The van der Waals surface area contributed by atoms with Gasteiger partial charge in [-0.2, -0.15) is 0 Å². The minimum Gasteiger partial charge on any atom is -0.496 e. The molecule has 1 saturated heterocycles. The molecule has 3 amide bonds. The van der Waals surface area contributed by atoms with E-state index in [9.17, 15) is 14.4 Å². The lowest BCUT2D eigenvalue weighted by atomic mass is 10.1. The van der Waals surface area contributed by atoms with Crippen LogP contribution in [0, 0.1) is 9.49 Å². The van der Waals surface area contributed by atoms with E-state index in [1.807, 2.05) is 30.3 Å². The van der Waals surface area contributed by atoms with Gasteiger partial charge in [0.05, 0.1) is 16.6 Å². The summed E-state index contributed by atoms with van der Waals surface area (Å²) in [6, 6.07) is 14.6. The maximum absolute atomic E-state index is 12.4. The lowest BCUT2D eigenvalue weighted by molar-refractivity contribution is -0.129. The van der Waals surface area contributed by atoms with Crippen LogP contribution in [0.25, 0.3) is 0 Å². The van der Waals surface area contributed by atoms with Crippen molar-refractivity contribution in [3.8, 4) is 5.75 Å². The monoisotopic (exact) mass is 493 g/mol. The van der Waals surface area contributed by atoms with Gasteiger partial charge in [-0.05, 0) is 46.4 Å². The normalized spacial score (nSPS) is 16.0. The fraction of sp³-hybridized carbons (Fsp3) is 0.250. The van der Waals surface area contributed by atoms with Crippen molar-refractivity contribution in [2.45, 2.75) is 13.0 Å². The number of hydrogen-bond donors (Lipinski definition) is 2. The molecule has 0 radical (unpaired) electrons. The highest BCUT2D eigenvalue weighted by Crippen LogP contribution is 2.22. The molecule has 1 aliphatic heterocycles. The van der Waals surface area contributed by atoms with Gasteiger partial charge in [0, 0.05) is 25.1 Å². The Labute approximate surface area is 176 Å². The second-order valence-corrected chi connectivity index (χ2v) is 7.62. The summed E-state index contributed by atoms with van der Waals surface area (Å²) < 4.78 is 5.95. The molecule has 0 bridgehead atoms. The summed E-state index contributed by atoms with van der Waals surface area (Å²) >= 11 is 2.07. The zero-order valence-corrected chi connectivity index (χ0v) is 17.4. The molecular weight excluding hydrogens is 473 g/mol. The second-order valence-electron chi connectivity index (χ2n) is 6.45. The molecule has 1 unspecified atom stereocenters. The number of nitrogens with one attached hydrogen (secondary N) is 2. The zero-order valence-electron chi connectivity index (χ0n) is 15.3. The summed E-state index contributed by atoms with van der Waals surface area (Å²) in [6.45, 7) is 0.802. The number of hydrogen-bond acceptors (Lipinski definition) is 4. The summed E-state index contributed by atoms with van der Waals surface area (Å²) in [7, 11) is 1.56. The van der Waals surface area contributed by atoms with Crippen molar-refractivity contribution in [1.29, 1.82) is 0 Å². The van der Waals surface area contributed by atoms with E-state index in [0.717, 1.165) is 9.13 Å². The van der Waals surface area contributed by atoms with E-state index >= 15 is 0 Å². The van der Waals surface area contributed by atoms with Crippen molar-refractivity contribution in [2.75, 3.05) is 13.7 Å². The van der Waals surface area contributed by atoms with E-state index < -0.39 is 11.8 Å². The largest absolute Gasteiger partial charge is 0.496 e. The van der Waals surface area contributed by atoms with Gasteiger partial charge in [0.25, 0.3) is 5.91 Å². The molecule has 0 spiro atoms. The van der Waals surface area contributed by atoms with Gasteiger partial charge in [0.15, 0.2) is 0 Å². The smallest absolute Gasteiger partial charge is 0.269 e. The van der Waals surface area contributed by atoms with Gasteiger partial charge in [-0.3, -0.25) is 25.2 Å². The minimum absolute atomic E-state index is 0.0694. The standard InChI is InChI=1S/C20H20IN3O4/c1-28-17-8-7-14(9-16(17)21)19(26)22-23-20(27)15-10-18(25)24(12-15)11-13-5-3-2-4-6-13/h2-9,15H,10-12H2,1H3,(H,22,26)(H,23,27). The van der Waals surface area contributed by atoms with Gasteiger partial charge in [0.2, 0.25) is 11.8 Å². The van der Waals surface area contributed by atoms with E-state index in [4.69, 9.17) is 4.74 Å². The molecule has 2 N–H and O–H groups in total. The Balaban J connectivity index is 1.53. The van der Waals surface area contributed by atoms with Gasteiger partial charge in [-0.1, -0.05) is 30.3 Å². The first-order chi connectivity index (χ1) is 13.5. The molecule has 1 heterocycles. The summed E-state index contributed by atoms with van der Waals surface area (Å²) in [5, 5.41) is 0.